The minimum absolute atomic E-state index is 0.0826. The minimum Gasteiger partial charge on any atom is -0.207 e. The number of unbranched alkanes of at least 4 members (excludes halogenated alkanes) is 2. The highest BCUT2D eigenvalue weighted by Crippen LogP contribution is 2.41. The van der Waals surface area contributed by atoms with E-state index in [1.807, 2.05) is 36.4 Å². The Labute approximate surface area is 436 Å². The van der Waals surface area contributed by atoms with Crippen molar-refractivity contribution in [1.29, 1.82) is 0 Å². The van der Waals surface area contributed by atoms with Crippen molar-refractivity contribution in [3.63, 3.8) is 0 Å². The second-order valence-corrected chi connectivity index (χ2v) is 22.2. The van der Waals surface area contributed by atoms with Crippen molar-refractivity contribution in [2.45, 2.75) is 188 Å². The summed E-state index contributed by atoms with van der Waals surface area (Å²) >= 11 is 0. The summed E-state index contributed by atoms with van der Waals surface area (Å²) in [7, 11) is 0. The van der Waals surface area contributed by atoms with Crippen LogP contribution in [0.15, 0.2) is 115 Å². The highest BCUT2D eigenvalue weighted by atomic mass is 19.1. The van der Waals surface area contributed by atoms with Gasteiger partial charge in [0.05, 0.1) is 0 Å². The van der Waals surface area contributed by atoms with Crippen LogP contribution in [0.1, 0.15) is 200 Å². The zero-order chi connectivity index (χ0) is 51.9. The van der Waals surface area contributed by atoms with Crippen LogP contribution in [-0.2, 0) is 0 Å². The van der Waals surface area contributed by atoms with Crippen LogP contribution in [0, 0.1) is 67.6 Å². The Bertz CT molecular complexity index is 2560. The van der Waals surface area contributed by atoms with Crippen LogP contribution in [-0.4, -0.2) is 0 Å². The molecule has 0 amide bonds. The molecule has 0 radical (unpaired) electrons. The standard InChI is InChI=1S/C24H30F2.C22H26F2.C22H27F/c1-3-4-5-6-18-7-9-19(10-8-18)20-11-13-21(14-12-20)22-15-23(25)17(2)24(26)16-22;1-3-4-16-5-7-17(8-6-16)18-9-11-19(12-10-18)20-13-21(23)15(2)22(24)14-20;1-3-4-17-6-9-18(10-7-17)19-11-13-20(14-12-19)21-8-5-16(2)22(23)15-21/h11-16,18-19H,3-10H2,1-2H3;9-14,16-17H,3-8H2,1-2H3;5,8,11-15,17-18H,3-4,6-7,9-10H2,1-2H3. The number of aryl methyl sites for hydroxylation is 1. The topological polar surface area (TPSA) is 0 Å². The molecule has 0 atom stereocenters. The Morgan fingerprint density at radius 1 is 0.315 bits per heavy atom. The fraction of sp³-hybridized carbons (Fsp3) is 0.471. The van der Waals surface area contributed by atoms with Crippen LogP contribution in [0.4, 0.5) is 22.0 Å². The van der Waals surface area contributed by atoms with E-state index in [0.29, 0.717) is 34.4 Å². The van der Waals surface area contributed by atoms with Gasteiger partial charge in [-0.25, -0.2) is 22.0 Å². The first kappa shape index (κ1) is 55.7. The van der Waals surface area contributed by atoms with Gasteiger partial charge in [-0.3, -0.25) is 0 Å². The van der Waals surface area contributed by atoms with Crippen LogP contribution in [0.25, 0.3) is 33.4 Å². The molecule has 9 rings (SSSR count). The van der Waals surface area contributed by atoms with E-state index in [9.17, 15) is 22.0 Å². The summed E-state index contributed by atoms with van der Waals surface area (Å²) in [5, 5.41) is 0. The van der Waals surface area contributed by atoms with Crippen molar-refractivity contribution in [3.8, 4) is 33.4 Å². The van der Waals surface area contributed by atoms with Gasteiger partial charge in [-0.15, -0.1) is 0 Å². The second kappa shape index (κ2) is 27.5. The van der Waals surface area contributed by atoms with Gasteiger partial charge in [0.2, 0.25) is 0 Å². The van der Waals surface area contributed by atoms with Crippen molar-refractivity contribution in [2.24, 2.45) is 17.8 Å². The lowest BCUT2D eigenvalue weighted by atomic mass is 9.77. The monoisotopic (exact) mass is 995 g/mol. The van der Waals surface area contributed by atoms with Crippen LogP contribution in [0.3, 0.4) is 0 Å². The predicted octanol–water partition coefficient (Wildman–Crippen LogP) is 21.7. The average molecular weight is 995 g/mol. The molecule has 0 heterocycles. The molecule has 390 valence electrons. The molecule has 0 N–H and O–H groups in total. The maximum absolute atomic E-state index is 13.8. The van der Waals surface area contributed by atoms with Crippen molar-refractivity contribution >= 4 is 0 Å². The third kappa shape index (κ3) is 15.5. The molecular weight excluding hydrogens is 912 g/mol. The summed E-state index contributed by atoms with van der Waals surface area (Å²) in [6.45, 7) is 11.6. The maximum atomic E-state index is 13.8. The number of benzene rings is 6. The van der Waals surface area contributed by atoms with Gasteiger partial charge in [-0.1, -0.05) is 157 Å². The van der Waals surface area contributed by atoms with E-state index in [-0.39, 0.29) is 16.9 Å². The lowest BCUT2D eigenvalue weighted by molar-refractivity contribution is 0.303. The van der Waals surface area contributed by atoms with Gasteiger partial charge in [0, 0.05) is 11.1 Å². The van der Waals surface area contributed by atoms with E-state index in [0.717, 1.165) is 40.0 Å². The van der Waals surface area contributed by atoms with Crippen LogP contribution >= 0.6 is 0 Å². The first-order valence-corrected chi connectivity index (χ1v) is 28.3. The summed E-state index contributed by atoms with van der Waals surface area (Å²) < 4.78 is 68.9. The zero-order valence-corrected chi connectivity index (χ0v) is 45.0. The lowest BCUT2D eigenvalue weighted by Gasteiger charge is -2.29. The molecule has 6 aromatic carbocycles. The van der Waals surface area contributed by atoms with Gasteiger partial charge in [0.25, 0.3) is 0 Å². The SMILES string of the molecule is CCCC1CCC(c2ccc(-c3cc(F)c(C)c(F)c3)cc2)CC1.CCCC1CCC(c2ccc(-c3ccc(C)c(F)c3)cc2)CC1.CCCCCC1CCC(c2ccc(-c3cc(F)c(C)c(F)c3)cc2)CC1. The van der Waals surface area contributed by atoms with Crippen LogP contribution < -0.4 is 0 Å². The third-order valence-electron chi connectivity index (χ3n) is 17.0. The van der Waals surface area contributed by atoms with E-state index < -0.39 is 23.3 Å². The van der Waals surface area contributed by atoms with Gasteiger partial charge in [-0.05, 0) is 219 Å². The predicted molar refractivity (Wildman–Crippen MR) is 298 cm³/mol. The van der Waals surface area contributed by atoms with Crippen molar-refractivity contribution in [3.05, 3.63) is 178 Å². The molecule has 6 aromatic rings. The summed E-state index contributed by atoms with van der Waals surface area (Å²) in [4.78, 5) is 0. The van der Waals surface area contributed by atoms with E-state index in [1.54, 1.807) is 13.0 Å². The first-order valence-electron chi connectivity index (χ1n) is 28.3. The summed E-state index contributed by atoms with van der Waals surface area (Å²) in [6.07, 6.45) is 26.6. The van der Waals surface area contributed by atoms with E-state index in [1.165, 1.54) is 183 Å². The smallest absolute Gasteiger partial charge is 0.129 e. The zero-order valence-electron chi connectivity index (χ0n) is 45.0. The van der Waals surface area contributed by atoms with Crippen molar-refractivity contribution < 1.29 is 22.0 Å². The molecule has 0 saturated heterocycles. The molecule has 5 heteroatoms. The molecule has 3 aliphatic rings. The number of hydrogen-bond acceptors (Lipinski definition) is 0. The third-order valence-corrected chi connectivity index (χ3v) is 17.0. The molecular formula is C68H83F5. The summed E-state index contributed by atoms with van der Waals surface area (Å²) in [5.74, 6) is 2.71. The highest BCUT2D eigenvalue weighted by Gasteiger charge is 2.25. The average Bonchev–Trinajstić information content (AvgIpc) is 3.41. The van der Waals surface area contributed by atoms with Gasteiger partial charge in [-0.2, -0.15) is 0 Å². The Balaban J connectivity index is 0.000000161. The highest BCUT2D eigenvalue weighted by molar-refractivity contribution is 5.66. The summed E-state index contributed by atoms with van der Waals surface area (Å²) in [5.41, 5.74) is 10.1. The molecule has 0 nitrogen and oxygen atoms in total. The molecule has 73 heavy (non-hydrogen) atoms. The molecule has 0 aliphatic heterocycles. The molecule has 0 aromatic heterocycles. The van der Waals surface area contributed by atoms with Crippen molar-refractivity contribution in [1.82, 2.24) is 0 Å². The second-order valence-electron chi connectivity index (χ2n) is 22.2. The van der Waals surface area contributed by atoms with Crippen molar-refractivity contribution in [2.75, 3.05) is 0 Å². The Kier molecular flexibility index (Phi) is 21.0. The number of hydrogen-bond donors (Lipinski definition) is 0. The molecule has 0 spiro atoms. The molecule has 0 unspecified atom stereocenters. The van der Waals surface area contributed by atoms with Gasteiger partial charge >= 0.3 is 0 Å². The van der Waals surface area contributed by atoms with E-state index >= 15 is 0 Å². The quantitative estimate of drug-likeness (QED) is 0.0754. The van der Waals surface area contributed by atoms with Gasteiger partial charge in [0.1, 0.15) is 29.1 Å². The lowest BCUT2D eigenvalue weighted by Crippen LogP contribution is -2.13. The van der Waals surface area contributed by atoms with E-state index in [2.05, 4.69) is 69.3 Å². The van der Waals surface area contributed by atoms with E-state index in [4.69, 9.17) is 0 Å². The molecule has 3 fully saturated rings. The number of halogens is 5. The van der Waals surface area contributed by atoms with Crippen LogP contribution in [0.2, 0.25) is 0 Å². The molecule has 0 bridgehead atoms. The largest absolute Gasteiger partial charge is 0.207 e. The fourth-order valence-electron chi connectivity index (χ4n) is 12.1. The van der Waals surface area contributed by atoms with Gasteiger partial charge < -0.3 is 0 Å². The van der Waals surface area contributed by atoms with Crippen LogP contribution in [0.5, 0.6) is 0 Å². The first-order chi connectivity index (χ1) is 35.3. The summed E-state index contributed by atoms with van der Waals surface area (Å²) in [6, 6.07) is 36.6. The number of rotatable bonds is 14. The normalized spacial score (nSPS) is 20.9. The van der Waals surface area contributed by atoms with Gasteiger partial charge in [0.15, 0.2) is 0 Å². The Morgan fingerprint density at radius 3 is 0.932 bits per heavy atom. The molecule has 3 aliphatic carbocycles. The molecule has 3 saturated carbocycles. The minimum atomic E-state index is -0.483. The maximum Gasteiger partial charge on any atom is 0.129 e. The Hall–Kier alpha value is -5.03. The Morgan fingerprint density at radius 2 is 0.616 bits per heavy atom. The fourth-order valence-corrected chi connectivity index (χ4v) is 12.1.